The molecule has 20 heavy (non-hydrogen) atoms. The Balaban J connectivity index is 2.03. The van der Waals surface area contributed by atoms with Gasteiger partial charge in [0.25, 0.3) is 0 Å². The first-order valence-electron chi connectivity index (χ1n) is 7.15. The standard InChI is InChI=1S/C15H23ClN2O2/c1-17-11-12-3-2-4-14(16)15(12)18-7-5-13(6-8-18)20-10-9-19/h2-4,13,17,19H,5-11H2,1H3. The minimum atomic E-state index is 0.0943. The van der Waals surface area contributed by atoms with E-state index >= 15 is 0 Å². The molecule has 0 bridgehead atoms. The van der Waals surface area contributed by atoms with Crippen LogP contribution in [-0.2, 0) is 11.3 Å². The lowest BCUT2D eigenvalue weighted by Gasteiger charge is -2.35. The normalized spacial score (nSPS) is 16.6. The third-order valence-corrected chi connectivity index (χ3v) is 3.95. The number of hydrogen-bond donors (Lipinski definition) is 2. The second kappa shape index (κ2) is 7.84. The van der Waals surface area contributed by atoms with E-state index < -0.39 is 0 Å². The Hall–Kier alpha value is -0.810. The molecule has 1 aliphatic heterocycles. The molecule has 0 unspecified atom stereocenters. The number of nitrogens with zero attached hydrogens (tertiary/aromatic N) is 1. The molecule has 1 fully saturated rings. The fourth-order valence-electron chi connectivity index (χ4n) is 2.71. The van der Waals surface area contributed by atoms with E-state index in [9.17, 15) is 0 Å². The van der Waals surface area contributed by atoms with Gasteiger partial charge in [0, 0.05) is 19.6 Å². The third-order valence-electron chi connectivity index (χ3n) is 3.64. The van der Waals surface area contributed by atoms with Gasteiger partial charge in [0.2, 0.25) is 0 Å². The maximum absolute atomic E-state index is 8.80. The molecule has 1 saturated heterocycles. The molecule has 1 aromatic carbocycles. The lowest BCUT2D eigenvalue weighted by Crippen LogP contribution is -2.38. The van der Waals surface area contributed by atoms with Crippen molar-refractivity contribution in [1.82, 2.24) is 5.32 Å². The van der Waals surface area contributed by atoms with Crippen LogP contribution in [0.5, 0.6) is 0 Å². The fourth-order valence-corrected chi connectivity index (χ4v) is 3.03. The number of anilines is 1. The lowest BCUT2D eigenvalue weighted by molar-refractivity contribution is 0.0159. The highest BCUT2D eigenvalue weighted by molar-refractivity contribution is 6.33. The van der Waals surface area contributed by atoms with Crippen molar-refractivity contribution in [2.24, 2.45) is 0 Å². The van der Waals surface area contributed by atoms with Crippen molar-refractivity contribution in [3.63, 3.8) is 0 Å². The summed E-state index contributed by atoms with van der Waals surface area (Å²) in [5.74, 6) is 0. The summed E-state index contributed by atoms with van der Waals surface area (Å²) in [7, 11) is 1.94. The molecule has 4 nitrogen and oxygen atoms in total. The number of halogens is 1. The van der Waals surface area contributed by atoms with Crippen LogP contribution >= 0.6 is 11.6 Å². The highest BCUT2D eigenvalue weighted by Gasteiger charge is 2.22. The maximum atomic E-state index is 8.80. The zero-order valence-corrected chi connectivity index (χ0v) is 12.7. The average Bonchev–Trinajstić information content (AvgIpc) is 2.46. The molecule has 0 spiro atoms. The summed E-state index contributed by atoms with van der Waals surface area (Å²) in [5.41, 5.74) is 2.37. The molecule has 112 valence electrons. The first-order valence-corrected chi connectivity index (χ1v) is 7.53. The van der Waals surface area contributed by atoms with Gasteiger partial charge in [-0.25, -0.2) is 0 Å². The zero-order chi connectivity index (χ0) is 14.4. The predicted octanol–water partition coefficient (Wildman–Crippen LogP) is 2.04. The number of aliphatic hydroxyl groups is 1. The van der Waals surface area contributed by atoms with Crippen molar-refractivity contribution in [1.29, 1.82) is 0 Å². The van der Waals surface area contributed by atoms with E-state index in [1.165, 1.54) is 5.56 Å². The van der Waals surface area contributed by atoms with Gasteiger partial charge in [-0.2, -0.15) is 0 Å². The molecule has 0 saturated carbocycles. The zero-order valence-electron chi connectivity index (χ0n) is 11.9. The Labute approximate surface area is 125 Å². The quantitative estimate of drug-likeness (QED) is 0.843. The van der Waals surface area contributed by atoms with Crippen LogP contribution in [0.25, 0.3) is 0 Å². The van der Waals surface area contributed by atoms with Gasteiger partial charge in [-0.05, 0) is 31.5 Å². The van der Waals surface area contributed by atoms with Gasteiger partial charge in [0.05, 0.1) is 30.0 Å². The summed E-state index contributed by atoms with van der Waals surface area (Å²) in [6.07, 6.45) is 2.21. The van der Waals surface area contributed by atoms with E-state index in [0.717, 1.165) is 43.2 Å². The van der Waals surface area contributed by atoms with Gasteiger partial charge >= 0.3 is 0 Å². The monoisotopic (exact) mass is 298 g/mol. The number of ether oxygens (including phenoxy) is 1. The second-order valence-corrected chi connectivity index (χ2v) is 5.47. The molecular formula is C15H23ClN2O2. The number of hydrogen-bond acceptors (Lipinski definition) is 4. The Morgan fingerprint density at radius 1 is 1.40 bits per heavy atom. The van der Waals surface area contributed by atoms with Gasteiger partial charge < -0.3 is 20.1 Å². The molecule has 0 atom stereocenters. The van der Waals surface area contributed by atoms with Crippen LogP contribution in [0.15, 0.2) is 18.2 Å². The van der Waals surface area contributed by atoms with Crippen LogP contribution in [0.1, 0.15) is 18.4 Å². The van der Waals surface area contributed by atoms with Gasteiger partial charge in [-0.1, -0.05) is 23.7 Å². The van der Waals surface area contributed by atoms with E-state index in [1.54, 1.807) is 0 Å². The summed E-state index contributed by atoms with van der Waals surface area (Å²) in [4.78, 5) is 2.34. The molecule has 5 heteroatoms. The van der Waals surface area contributed by atoms with E-state index in [0.29, 0.717) is 6.61 Å². The van der Waals surface area contributed by atoms with Crippen LogP contribution in [0.4, 0.5) is 5.69 Å². The molecule has 0 amide bonds. The average molecular weight is 299 g/mol. The summed E-state index contributed by atoms with van der Waals surface area (Å²) in [5, 5.41) is 12.8. The molecule has 1 aliphatic rings. The SMILES string of the molecule is CNCc1cccc(Cl)c1N1CCC(OCCO)CC1. The van der Waals surface area contributed by atoms with Gasteiger partial charge in [-0.3, -0.25) is 0 Å². The lowest BCUT2D eigenvalue weighted by atomic mass is 10.0. The summed E-state index contributed by atoms with van der Waals surface area (Å²) in [6, 6.07) is 6.06. The molecule has 1 heterocycles. The first kappa shape index (κ1) is 15.6. The molecule has 0 aromatic heterocycles. The van der Waals surface area contributed by atoms with E-state index in [2.05, 4.69) is 16.3 Å². The topological polar surface area (TPSA) is 44.7 Å². The van der Waals surface area contributed by atoms with Crippen molar-refractivity contribution < 1.29 is 9.84 Å². The van der Waals surface area contributed by atoms with Crippen molar-refractivity contribution in [2.45, 2.75) is 25.5 Å². The molecular weight excluding hydrogens is 276 g/mol. The number of piperidine rings is 1. The number of nitrogens with one attached hydrogen (secondary N) is 1. The molecule has 1 aromatic rings. The maximum Gasteiger partial charge on any atom is 0.0701 e. The molecule has 0 aliphatic carbocycles. The summed E-state index contributed by atoms with van der Waals surface area (Å²) in [6.45, 7) is 3.22. The Kier molecular flexibility index (Phi) is 6.10. The Morgan fingerprint density at radius 3 is 2.80 bits per heavy atom. The van der Waals surface area contributed by atoms with E-state index in [4.69, 9.17) is 21.4 Å². The molecule has 2 rings (SSSR count). The number of benzene rings is 1. The highest BCUT2D eigenvalue weighted by Crippen LogP contribution is 2.32. The van der Waals surface area contributed by atoms with Crippen LogP contribution < -0.4 is 10.2 Å². The second-order valence-electron chi connectivity index (χ2n) is 5.06. The van der Waals surface area contributed by atoms with Crippen molar-refractivity contribution in [2.75, 3.05) is 38.3 Å². The molecule has 2 N–H and O–H groups in total. The van der Waals surface area contributed by atoms with Crippen LogP contribution in [-0.4, -0.2) is 44.6 Å². The number of para-hydroxylation sites is 1. The smallest absolute Gasteiger partial charge is 0.0701 e. The fraction of sp³-hybridized carbons (Fsp3) is 0.600. The first-order chi connectivity index (χ1) is 9.76. The largest absolute Gasteiger partial charge is 0.394 e. The highest BCUT2D eigenvalue weighted by atomic mass is 35.5. The minimum Gasteiger partial charge on any atom is -0.394 e. The number of aliphatic hydroxyl groups excluding tert-OH is 1. The van der Waals surface area contributed by atoms with Crippen molar-refractivity contribution in [3.8, 4) is 0 Å². The Morgan fingerprint density at radius 2 is 2.15 bits per heavy atom. The van der Waals surface area contributed by atoms with Crippen LogP contribution in [0.2, 0.25) is 5.02 Å². The van der Waals surface area contributed by atoms with E-state index in [1.807, 2.05) is 19.2 Å². The van der Waals surface area contributed by atoms with Gasteiger partial charge in [0.15, 0.2) is 0 Å². The van der Waals surface area contributed by atoms with Gasteiger partial charge in [-0.15, -0.1) is 0 Å². The number of rotatable bonds is 6. The van der Waals surface area contributed by atoms with E-state index in [-0.39, 0.29) is 12.7 Å². The third kappa shape index (κ3) is 3.85. The van der Waals surface area contributed by atoms with Crippen LogP contribution in [0, 0.1) is 0 Å². The minimum absolute atomic E-state index is 0.0943. The summed E-state index contributed by atoms with van der Waals surface area (Å²) < 4.78 is 5.60. The van der Waals surface area contributed by atoms with Crippen molar-refractivity contribution >= 4 is 17.3 Å². The predicted molar refractivity (Wildman–Crippen MR) is 82.5 cm³/mol. The van der Waals surface area contributed by atoms with Crippen molar-refractivity contribution in [3.05, 3.63) is 28.8 Å². The molecule has 0 radical (unpaired) electrons. The Bertz CT molecular complexity index is 420. The van der Waals surface area contributed by atoms with Gasteiger partial charge in [0.1, 0.15) is 0 Å². The van der Waals surface area contributed by atoms with Crippen LogP contribution in [0.3, 0.4) is 0 Å². The summed E-state index contributed by atoms with van der Waals surface area (Å²) >= 11 is 6.38.